The molecule has 0 spiro atoms. The Morgan fingerprint density at radius 3 is 3.05 bits per heavy atom. The van der Waals surface area contributed by atoms with Crippen LogP contribution < -0.4 is 11.1 Å². The first-order valence-corrected chi connectivity index (χ1v) is 9.44. The number of thioether (sulfide) groups is 1. The zero-order chi connectivity index (χ0) is 15.7. The molecule has 1 amide bonds. The number of hydrogen-bond acceptors (Lipinski definition) is 4. The third kappa shape index (κ3) is 3.35. The fourth-order valence-electron chi connectivity index (χ4n) is 3.06. The Kier molecular flexibility index (Phi) is 5.12. The molecule has 2 heterocycles. The molecule has 4 atom stereocenters. The maximum absolute atomic E-state index is 12.5. The number of nitrogens with one attached hydrogen (secondary N) is 1. The Hall–Kier alpha value is -0.560. The summed E-state index contributed by atoms with van der Waals surface area (Å²) in [6.45, 7) is 2.66. The van der Waals surface area contributed by atoms with Crippen molar-refractivity contribution < 1.29 is 9.53 Å². The third-order valence-electron chi connectivity index (χ3n) is 4.34. The molecule has 3 N–H and O–H groups in total. The number of ether oxygens (including phenoxy) is 1. The number of benzene rings is 1. The number of carbonyl (C=O) groups is 1. The lowest BCUT2D eigenvalue weighted by atomic mass is 9.95. The average Bonchev–Trinajstić information content (AvgIpc) is 2.99. The highest BCUT2D eigenvalue weighted by Crippen LogP contribution is 2.40. The molecule has 6 heteroatoms. The quantitative estimate of drug-likeness (QED) is 0.840. The molecule has 0 aliphatic carbocycles. The minimum absolute atomic E-state index is 0.00868. The predicted octanol–water partition coefficient (Wildman–Crippen LogP) is 2.85. The second-order valence-corrected chi connectivity index (χ2v) is 7.99. The van der Waals surface area contributed by atoms with Crippen LogP contribution in [0.3, 0.4) is 0 Å². The van der Waals surface area contributed by atoms with E-state index in [-0.39, 0.29) is 24.2 Å². The summed E-state index contributed by atoms with van der Waals surface area (Å²) >= 11 is 5.38. The standard InChI is InChI=1S/C16H21BrN2O2S/c1-9-8-22-14-5-2-10(17)6-12(14)15(9)19-16(20)13-4-3-11(7-18)21-13/h2,5-6,9,11,13,15H,3-4,7-8,18H2,1H3,(H,19,20)/t9?,11-,13+,15?/m1/s1. The Morgan fingerprint density at radius 2 is 2.32 bits per heavy atom. The highest BCUT2D eigenvalue weighted by Gasteiger charge is 2.34. The Morgan fingerprint density at radius 1 is 1.50 bits per heavy atom. The number of carbonyl (C=O) groups excluding carboxylic acids is 1. The number of amides is 1. The van der Waals surface area contributed by atoms with Gasteiger partial charge in [0.15, 0.2) is 0 Å². The number of rotatable bonds is 3. The molecule has 2 aliphatic rings. The van der Waals surface area contributed by atoms with Gasteiger partial charge in [-0.15, -0.1) is 11.8 Å². The molecule has 0 radical (unpaired) electrons. The van der Waals surface area contributed by atoms with Gasteiger partial charge in [-0.3, -0.25) is 4.79 Å². The SMILES string of the molecule is CC1CSc2ccc(Br)cc2C1NC(=O)[C@@H]1CC[C@H](CN)O1. The van der Waals surface area contributed by atoms with Crippen molar-refractivity contribution in [2.75, 3.05) is 12.3 Å². The molecule has 1 fully saturated rings. The van der Waals surface area contributed by atoms with Crippen molar-refractivity contribution in [2.45, 2.75) is 42.9 Å². The van der Waals surface area contributed by atoms with Crippen LogP contribution in [-0.2, 0) is 9.53 Å². The van der Waals surface area contributed by atoms with Gasteiger partial charge in [0.25, 0.3) is 0 Å². The summed E-state index contributed by atoms with van der Waals surface area (Å²) in [5.74, 6) is 1.39. The predicted molar refractivity (Wildman–Crippen MR) is 91.9 cm³/mol. The number of hydrogen-bond donors (Lipinski definition) is 2. The topological polar surface area (TPSA) is 64.4 Å². The molecule has 2 unspecified atom stereocenters. The summed E-state index contributed by atoms with van der Waals surface area (Å²) in [7, 11) is 0. The van der Waals surface area contributed by atoms with E-state index < -0.39 is 0 Å². The van der Waals surface area contributed by atoms with Crippen LogP contribution >= 0.6 is 27.7 Å². The van der Waals surface area contributed by atoms with Gasteiger partial charge in [-0.2, -0.15) is 0 Å². The lowest BCUT2D eigenvalue weighted by Gasteiger charge is -2.32. The van der Waals surface area contributed by atoms with Crippen LogP contribution in [0.4, 0.5) is 0 Å². The summed E-state index contributed by atoms with van der Waals surface area (Å²) in [4.78, 5) is 13.8. The Labute approximate surface area is 143 Å². The molecular weight excluding hydrogens is 364 g/mol. The minimum Gasteiger partial charge on any atom is -0.364 e. The fourth-order valence-corrected chi connectivity index (χ4v) is 4.59. The van der Waals surface area contributed by atoms with E-state index in [1.54, 1.807) is 0 Å². The van der Waals surface area contributed by atoms with E-state index in [1.807, 2.05) is 17.8 Å². The average molecular weight is 385 g/mol. The Balaban J connectivity index is 1.74. The van der Waals surface area contributed by atoms with Gasteiger partial charge < -0.3 is 15.8 Å². The van der Waals surface area contributed by atoms with Crippen LogP contribution in [0.1, 0.15) is 31.4 Å². The van der Waals surface area contributed by atoms with Gasteiger partial charge in [0, 0.05) is 21.7 Å². The van der Waals surface area contributed by atoms with Crippen molar-refractivity contribution in [3.8, 4) is 0 Å². The molecule has 120 valence electrons. The van der Waals surface area contributed by atoms with E-state index in [2.05, 4.69) is 40.3 Å². The first kappa shape index (κ1) is 16.3. The van der Waals surface area contributed by atoms with Crippen molar-refractivity contribution in [1.82, 2.24) is 5.32 Å². The lowest BCUT2D eigenvalue weighted by molar-refractivity contribution is -0.133. The molecule has 1 aromatic rings. The molecular formula is C16H21BrN2O2S. The highest BCUT2D eigenvalue weighted by molar-refractivity contribution is 9.10. The first-order valence-electron chi connectivity index (χ1n) is 7.66. The summed E-state index contributed by atoms with van der Waals surface area (Å²) < 4.78 is 6.75. The minimum atomic E-state index is -0.356. The van der Waals surface area contributed by atoms with E-state index in [4.69, 9.17) is 10.5 Å². The molecule has 1 aromatic carbocycles. The zero-order valence-corrected chi connectivity index (χ0v) is 15.0. The monoisotopic (exact) mass is 384 g/mol. The molecule has 0 aromatic heterocycles. The summed E-state index contributed by atoms with van der Waals surface area (Å²) in [5, 5.41) is 3.20. The van der Waals surface area contributed by atoms with Gasteiger partial charge in [-0.1, -0.05) is 22.9 Å². The van der Waals surface area contributed by atoms with Crippen molar-refractivity contribution in [3.63, 3.8) is 0 Å². The van der Waals surface area contributed by atoms with Crippen LogP contribution in [0.2, 0.25) is 0 Å². The maximum atomic E-state index is 12.5. The van der Waals surface area contributed by atoms with Crippen LogP contribution in [0.5, 0.6) is 0 Å². The molecule has 22 heavy (non-hydrogen) atoms. The van der Waals surface area contributed by atoms with Crippen LogP contribution in [0, 0.1) is 5.92 Å². The summed E-state index contributed by atoms with van der Waals surface area (Å²) in [6, 6.07) is 6.32. The second kappa shape index (κ2) is 6.91. The Bertz CT molecular complexity index is 569. The maximum Gasteiger partial charge on any atom is 0.249 e. The number of fused-ring (bicyclic) bond motifs is 1. The summed E-state index contributed by atoms with van der Waals surface area (Å²) in [6.07, 6.45) is 1.30. The molecule has 2 aliphatic heterocycles. The van der Waals surface area contributed by atoms with Crippen molar-refractivity contribution in [1.29, 1.82) is 0 Å². The number of halogens is 1. The number of nitrogens with two attached hydrogens (primary N) is 1. The van der Waals surface area contributed by atoms with Gasteiger partial charge in [-0.25, -0.2) is 0 Å². The molecule has 4 nitrogen and oxygen atoms in total. The van der Waals surface area contributed by atoms with E-state index >= 15 is 0 Å². The van der Waals surface area contributed by atoms with E-state index in [0.717, 1.165) is 23.1 Å². The third-order valence-corrected chi connectivity index (χ3v) is 6.21. The van der Waals surface area contributed by atoms with E-state index in [0.29, 0.717) is 12.5 Å². The van der Waals surface area contributed by atoms with Gasteiger partial charge >= 0.3 is 0 Å². The smallest absolute Gasteiger partial charge is 0.249 e. The normalized spacial score (nSPS) is 30.9. The van der Waals surface area contributed by atoms with Crippen LogP contribution in [-0.4, -0.2) is 30.4 Å². The van der Waals surface area contributed by atoms with Gasteiger partial charge in [-0.05, 0) is 42.5 Å². The lowest BCUT2D eigenvalue weighted by Crippen LogP contribution is -2.41. The molecule has 0 saturated carbocycles. The molecule has 3 rings (SSSR count). The van der Waals surface area contributed by atoms with Crippen molar-refractivity contribution in [2.24, 2.45) is 11.7 Å². The zero-order valence-electron chi connectivity index (χ0n) is 12.5. The van der Waals surface area contributed by atoms with Crippen molar-refractivity contribution >= 4 is 33.6 Å². The van der Waals surface area contributed by atoms with E-state index in [1.165, 1.54) is 10.5 Å². The van der Waals surface area contributed by atoms with Gasteiger partial charge in [0.05, 0.1) is 12.1 Å². The van der Waals surface area contributed by atoms with Gasteiger partial charge in [0.1, 0.15) is 6.10 Å². The summed E-state index contributed by atoms with van der Waals surface area (Å²) in [5.41, 5.74) is 6.81. The molecule has 0 bridgehead atoms. The largest absolute Gasteiger partial charge is 0.364 e. The fraction of sp³-hybridized carbons (Fsp3) is 0.562. The first-order chi connectivity index (χ1) is 10.6. The molecule has 1 saturated heterocycles. The van der Waals surface area contributed by atoms with Crippen LogP contribution in [0.25, 0.3) is 0 Å². The van der Waals surface area contributed by atoms with E-state index in [9.17, 15) is 4.79 Å². The van der Waals surface area contributed by atoms with Crippen molar-refractivity contribution in [3.05, 3.63) is 28.2 Å². The highest BCUT2D eigenvalue weighted by atomic mass is 79.9. The second-order valence-electron chi connectivity index (χ2n) is 6.02. The van der Waals surface area contributed by atoms with Gasteiger partial charge in [0.2, 0.25) is 5.91 Å². The van der Waals surface area contributed by atoms with Crippen LogP contribution in [0.15, 0.2) is 27.6 Å².